The van der Waals surface area contributed by atoms with Crippen molar-refractivity contribution in [2.24, 2.45) is 5.41 Å². The molecule has 1 unspecified atom stereocenters. The predicted molar refractivity (Wildman–Crippen MR) is 115 cm³/mol. The summed E-state index contributed by atoms with van der Waals surface area (Å²) in [5.41, 5.74) is -0.562. The largest absolute Gasteiger partial charge is 0.497 e. The highest BCUT2D eigenvalue weighted by atomic mass is 19.1. The first-order valence-corrected chi connectivity index (χ1v) is 11.1. The van der Waals surface area contributed by atoms with Crippen LogP contribution in [0, 0.1) is 11.2 Å². The molecule has 0 aliphatic carbocycles. The third-order valence-corrected chi connectivity index (χ3v) is 6.76. The highest BCUT2D eigenvalue weighted by molar-refractivity contribution is 5.95. The zero-order chi connectivity index (χ0) is 24.0. The average molecular weight is 467 g/mol. The number of hydrogen-bond acceptors (Lipinski definition) is 7. The van der Waals surface area contributed by atoms with Gasteiger partial charge < -0.3 is 24.6 Å². The third kappa shape index (κ3) is 5.80. The molecule has 1 aromatic carbocycles. The van der Waals surface area contributed by atoms with Gasteiger partial charge in [0.05, 0.1) is 24.2 Å². The maximum absolute atomic E-state index is 14.2. The fourth-order valence-electron chi connectivity index (χ4n) is 4.84. The van der Waals surface area contributed by atoms with Crippen molar-refractivity contribution >= 4 is 18.3 Å². The van der Waals surface area contributed by atoms with E-state index in [0.29, 0.717) is 44.6 Å². The first kappa shape index (κ1) is 24.9. The minimum absolute atomic E-state index is 0.00976. The molecular weight excluding hydrogens is 435 g/mol. The number of ether oxygens (including phenoxy) is 2. The Kier molecular flexibility index (Phi) is 8.25. The van der Waals surface area contributed by atoms with Crippen LogP contribution in [0.15, 0.2) is 18.2 Å². The minimum Gasteiger partial charge on any atom is -0.497 e. The highest BCUT2D eigenvalue weighted by Gasteiger charge is 2.51. The van der Waals surface area contributed by atoms with E-state index in [4.69, 9.17) is 19.4 Å². The second-order valence-electron chi connectivity index (χ2n) is 8.79. The van der Waals surface area contributed by atoms with Gasteiger partial charge in [0, 0.05) is 39.1 Å². The summed E-state index contributed by atoms with van der Waals surface area (Å²) in [6.07, 6.45) is 2.84. The summed E-state index contributed by atoms with van der Waals surface area (Å²) in [5.74, 6) is -0.700. The summed E-state index contributed by atoms with van der Waals surface area (Å²) in [4.78, 5) is 37.7. The average Bonchev–Trinajstić information content (AvgIpc) is 3.10. The van der Waals surface area contributed by atoms with Crippen LogP contribution >= 0.6 is 0 Å². The fraction of sp³-hybridized carbons (Fsp3) is 0.609. The van der Waals surface area contributed by atoms with Crippen LogP contribution in [0.4, 0.5) is 4.39 Å². The molecule has 3 aliphatic heterocycles. The van der Waals surface area contributed by atoms with Crippen LogP contribution in [0.3, 0.4) is 0 Å². The maximum atomic E-state index is 14.2. The molecule has 3 aliphatic rings. The number of hydrogen-bond donors (Lipinski definition) is 2. The Morgan fingerprint density at radius 3 is 2.52 bits per heavy atom. The molecule has 1 amide bonds. The number of rotatable bonds is 4. The first-order valence-electron chi connectivity index (χ1n) is 11.1. The van der Waals surface area contributed by atoms with Crippen LogP contribution in [-0.2, 0) is 14.3 Å². The number of likely N-dealkylation sites (tertiary alicyclic amines) is 2. The minimum atomic E-state index is -0.576. The number of aliphatic hydroxyl groups is 1. The molecule has 3 heterocycles. The van der Waals surface area contributed by atoms with Crippen molar-refractivity contribution in [2.45, 2.75) is 44.3 Å². The molecule has 1 atom stereocenters. The Hall–Kier alpha value is -2.72. The van der Waals surface area contributed by atoms with Crippen molar-refractivity contribution in [3.63, 3.8) is 0 Å². The molecule has 9 nitrogen and oxygen atoms in total. The molecule has 1 aromatic rings. The lowest BCUT2D eigenvalue weighted by molar-refractivity contribution is -0.151. The lowest BCUT2D eigenvalue weighted by Gasteiger charge is -2.36. The first-order chi connectivity index (χ1) is 15.8. The standard InChI is InChI=1S/C22H29FN2O5.CH2O2/c1-29-16-2-3-19(23)18(12-16)20(27)25-10-6-22(7-11-25)13-17(30-21(22)28)14-24-8-4-15(26)5-9-24;2-1-3/h2-3,12,15,17,26H,4-11,13-14H2,1H3;1H,(H,2,3). The van der Waals surface area contributed by atoms with Crippen molar-refractivity contribution in [3.05, 3.63) is 29.6 Å². The molecular formula is C23H31FN2O7. The van der Waals surface area contributed by atoms with E-state index < -0.39 is 11.2 Å². The van der Waals surface area contributed by atoms with Crippen LogP contribution in [0.1, 0.15) is 42.5 Å². The quantitative estimate of drug-likeness (QED) is 0.507. The lowest BCUT2D eigenvalue weighted by Crippen LogP contribution is -2.45. The van der Waals surface area contributed by atoms with Gasteiger partial charge in [0.2, 0.25) is 0 Å². The number of esters is 1. The monoisotopic (exact) mass is 466 g/mol. The molecule has 2 N–H and O–H groups in total. The molecule has 4 rings (SSSR count). The van der Waals surface area contributed by atoms with E-state index in [1.54, 1.807) is 4.90 Å². The summed E-state index contributed by atoms with van der Waals surface area (Å²) in [5, 5.41) is 16.5. The molecule has 33 heavy (non-hydrogen) atoms. The summed E-state index contributed by atoms with van der Waals surface area (Å²) >= 11 is 0. The highest BCUT2D eigenvalue weighted by Crippen LogP contribution is 2.43. The number of piperidine rings is 2. The predicted octanol–water partition coefficient (Wildman–Crippen LogP) is 1.53. The Morgan fingerprint density at radius 1 is 1.27 bits per heavy atom. The smallest absolute Gasteiger partial charge is 0.312 e. The number of aliphatic hydroxyl groups excluding tert-OH is 1. The van der Waals surface area contributed by atoms with Crippen molar-refractivity contribution < 1.29 is 38.5 Å². The van der Waals surface area contributed by atoms with Gasteiger partial charge in [-0.2, -0.15) is 0 Å². The SMILES string of the molecule is COc1ccc(F)c(C(=O)N2CCC3(CC2)CC(CN2CCC(O)CC2)OC3=O)c1.O=CO. The Balaban J connectivity index is 0.000000968. The summed E-state index contributed by atoms with van der Waals surface area (Å²) in [6, 6.07) is 4.13. The fourth-order valence-corrected chi connectivity index (χ4v) is 4.84. The molecule has 0 radical (unpaired) electrons. The van der Waals surface area contributed by atoms with Gasteiger partial charge in [0.1, 0.15) is 17.7 Å². The summed E-state index contributed by atoms with van der Waals surface area (Å²) in [6.45, 7) is 2.87. The van der Waals surface area contributed by atoms with Gasteiger partial charge in [0.25, 0.3) is 12.4 Å². The van der Waals surface area contributed by atoms with Crippen molar-refractivity contribution in [1.29, 1.82) is 0 Å². The number of benzene rings is 1. The molecule has 10 heteroatoms. The van der Waals surface area contributed by atoms with Crippen molar-refractivity contribution in [1.82, 2.24) is 9.80 Å². The molecule has 0 saturated carbocycles. The molecule has 3 fully saturated rings. The van der Waals surface area contributed by atoms with Crippen LogP contribution < -0.4 is 4.74 Å². The number of carbonyl (C=O) groups excluding carboxylic acids is 2. The zero-order valence-electron chi connectivity index (χ0n) is 18.7. The number of nitrogens with zero attached hydrogens (tertiary/aromatic N) is 2. The second-order valence-corrected chi connectivity index (χ2v) is 8.79. The maximum Gasteiger partial charge on any atom is 0.312 e. The molecule has 1 spiro atoms. The molecule has 182 valence electrons. The third-order valence-electron chi connectivity index (χ3n) is 6.76. The van der Waals surface area contributed by atoms with E-state index in [1.807, 2.05) is 0 Å². The lowest BCUT2D eigenvalue weighted by atomic mass is 9.76. The number of halogens is 1. The van der Waals surface area contributed by atoms with E-state index in [1.165, 1.54) is 25.3 Å². The van der Waals surface area contributed by atoms with Crippen LogP contribution in [-0.4, -0.2) is 90.4 Å². The molecule has 0 aromatic heterocycles. The van der Waals surface area contributed by atoms with Gasteiger partial charge in [-0.25, -0.2) is 4.39 Å². The summed E-state index contributed by atoms with van der Waals surface area (Å²) < 4.78 is 25.0. The van der Waals surface area contributed by atoms with Crippen LogP contribution in [0.25, 0.3) is 0 Å². The van der Waals surface area contributed by atoms with Gasteiger partial charge in [-0.1, -0.05) is 0 Å². The normalized spacial score (nSPS) is 22.9. The number of methoxy groups -OCH3 is 1. The second kappa shape index (κ2) is 10.9. The Morgan fingerprint density at radius 2 is 1.91 bits per heavy atom. The number of carbonyl (C=O) groups is 3. The zero-order valence-corrected chi connectivity index (χ0v) is 18.7. The topological polar surface area (TPSA) is 117 Å². The van der Waals surface area contributed by atoms with E-state index in [-0.39, 0.29) is 36.1 Å². The van der Waals surface area contributed by atoms with Crippen LogP contribution in [0.5, 0.6) is 5.75 Å². The van der Waals surface area contributed by atoms with Gasteiger partial charge in [-0.15, -0.1) is 0 Å². The van der Waals surface area contributed by atoms with E-state index >= 15 is 0 Å². The van der Waals surface area contributed by atoms with E-state index in [9.17, 15) is 19.1 Å². The number of amides is 1. The Bertz CT molecular complexity index is 849. The van der Waals surface area contributed by atoms with Crippen molar-refractivity contribution in [3.8, 4) is 5.75 Å². The Labute approximate surface area is 192 Å². The van der Waals surface area contributed by atoms with Crippen molar-refractivity contribution in [2.75, 3.05) is 39.8 Å². The van der Waals surface area contributed by atoms with E-state index in [2.05, 4.69) is 4.90 Å². The molecule has 0 bridgehead atoms. The molecule has 3 saturated heterocycles. The van der Waals surface area contributed by atoms with Gasteiger partial charge in [-0.05, 0) is 43.9 Å². The van der Waals surface area contributed by atoms with Crippen LogP contribution in [0.2, 0.25) is 0 Å². The van der Waals surface area contributed by atoms with Gasteiger partial charge in [0.15, 0.2) is 0 Å². The summed E-state index contributed by atoms with van der Waals surface area (Å²) in [7, 11) is 1.47. The van der Waals surface area contributed by atoms with Gasteiger partial charge in [-0.3, -0.25) is 19.3 Å². The number of carboxylic acid groups (broad SMARTS) is 1. The number of cyclic esters (lactones) is 1. The van der Waals surface area contributed by atoms with E-state index in [0.717, 1.165) is 25.9 Å². The van der Waals surface area contributed by atoms with Gasteiger partial charge >= 0.3 is 5.97 Å².